The van der Waals surface area contributed by atoms with Crippen molar-refractivity contribution in [2.45, 2.75) is 23.6 Å². The Labute approximate surface area is 118 Å². The fraction of sp³-hybridized carbons (Fsp3) is 0.188. The van der Waals surface area contributed by atoms with Crippen LogP contribution < -0.4 is 4.74 Å². The van der Waals surface area contributed by atoms with Crippen molar-refractivity contribution in [1.82, 2.24) is 0 Å². The van der Waals surface area contributed by atoms with Crippen LogP contribution in [0.15, 0.2) is 46.2 Å². The first-order valence-corrected chi connectivity index (χ1v) is 6.79. The molecule has 2 nitrogen and oxygen atoms in total. The SMILES string of the molecule is COc1ccc(C#N)c(Sc2ccc(C)cc2C)c1. The molecule has 0 amide bonds. The van der Waals surface area contributed by atoms with Crippen LogP contribution in [-0.2, 0) is 0 Å². The summed E-state index contributed by atoms with van der Waals surface area (Å²) in [5, 5.41) is 9.17. The Bertz CT molecular complexity index is 644. The fourth-order valence-electron chi connectivity index (χ4n) is 1.84. The number of ether oxygens (including phenoxy) is 1. The number of hydrogen-bond donors (Lipinski definition) is 0. The Morgan fingerprint density at radius 3 is 2.47 bits per heavy atom. The summed E-state index contributed by atoms with van der Waals surface area (Å²) < 4.78 is 5.22. The highest BCUT2D eigenvalue weighted by atomic mass is 32.2. The van der Waals surface area contributed by atoms with Crippen molar-refractivity contribution in [3.05, 3.63) is 53.1 Å². The van der Waals surface area contributed by atoms with Gasteiger partial charge in [0.2, 0.25) is 0 Å². The zero-order valence-corrected chi connectivity index (χ0v) is 12.0. The number of rotatable bonds is 3. The summed E-state index contributed by atoms with van der Waals surface area (Å²) in [6, 6.07) is 14.1. The molecule has 0 atom stereocenters. The summed E-state index contributed by atoms with van der Waals surface area (Å²) >= 11 is 1.60. The predicted molar refractivity (Wildman–Crippen MR) is 77.7 cm³/mol. The summed E-state index contributed by atoms with van der Waals surface area (Å²) in [5.74, 6) is 0.770. The molecule has 0 bridgehead atoms. The maximum atomic E-state index is 9.17. The summed E-state index contributed by atoms with van der Waals surface area (Å²) in [5.41, 5.74) is 3.13. The van der Waals surface area contributed by atoms with Crippen LogP contribution in [0.25, 0.3) is 0 Å². The lowest BCUT2D eigenvalue weighted by molar-refractivity contribution is 0.413. The third kappa shape index (κ3) is 3.10. The third-order valence-corrected chi connectivity index (χ3v) is 4.10. The van der Waals surface area contributed by atoms with E-state index < -0.39 is 0 Å². The Morgan fingerprint density at radius 1 is 1.05 bits per heavy atom. The first kappa shape index (κ1) is 13.5. The number of nitriles is 1. The van der Waals surface area contributed by atoms with Crippen molar-refractivity contribution in [2.24, 2.45) is 0 Å². The van der Waals surface area contributed by atoms with E-state index >= 15 is 0 Å². The maximum Gasteiger partial charge on any atom is 0.120 e. The second-order valence-corrected chi connectivity index (χ2v) is 5.43. The van der Waals surface area contributed by atoms with Crippen molar-refractivity contribution in [1.29, 1.82) is 5.26 Å². The molecule has 0 heterocycles. The average Bonchev–Trinajstić information content (AvgIpc) is 2.41. The van der Waals surface area contributed by atoms with Gasteiger partial charge in [0.1, 0.15) is 11.8 Å². The Kier molecular flexibility index (Phi) is 4.13. The highest BCUT2D eigenvalue weighted by molar-refractivity contribution is 7.99. The highest BCUT2D eigenvalue weighted by Crippen LogP contribution is 2.34. The van der Waals surface area contributed by atoms with Gasteiger partial charge in [-0.1, -0.05) is 29.5 Å². The standard InChI is InChI=1S/C16H15NOS/c1-11-4-7-15(12(2)8-11)19-16-9-14(18-3)6-5-13(16)10-17/h4-9H,1-3H3. The molecule has 3 heteroatoms. The van der Waals surface area contributed by atoms with Crippen LogP contribution in [0.4, 0.5) is 0 Å². The molecule has 96 valence electrons. The van der Waals surface area contributed by atoms with Gasteiger partial charge < -0.3 is 4.74 Å². The van der Waals surface area contributed by atoms with E-state index in [9.17, 15) is 0 Å². The van der Waals surface area contributed by atoms with Crippen LogP contribution >= 0.6 is 11.8 Å². The van der Waals surface area contributed by atoms with Crippen LogP contribution in [0.1, 0.15) is 16.7 Å². The van der Waals surface area contributed by atoms with Gasteiger partial charge in [-0.3, -0.25) is 0 Å². The smallest absolute Gasteiger partial charge is 0.120 e. The summed E-state index contributed by atoms with van der Waals surface area (Å²) in [7, 11) is 1.63. The first-order chi connectivity index (χ1) is 9.13. The molecule has 0 fully saturated rings. The van der Waals surface area contributed by atoms with E-state index in [-0.39, 0.29) is 0 Å². The molecule has 2 aromatic carbocycles. The predicted octanol–water partition coefficient (Wildman–Crippen LogP) is 4.33. The van der Waals surface area contributed by atoms with Crippen molar-refractivity contribution >= 4 is 11.8 Å². The Hall–Kier alpha value is -1.92. The Balaban J connectivity index is 2.39. The third-order valence-electron chi connectivity index (χ3n) is 2.86. The van der Waals surface area contributed by atoms with Gasteiger partial charge in [0.05, 0.1) is 12.7 Å². The second kappa shape index (κ2) is 5.81. The second-order valence-electron chi connectivity index (χ2n) is 4.34. The maximum absolute atomic E-state index is 9.17. The molecule has 0 saturated heterocycles. The molecule has 0 N–H and O–H groups in total. The number of methoxy groups -OCH3 is 1. The van der Waals surface area contributed by atoms with E-state index in [0.717, 1.165) is 15.5 Å². The highest BCUT2D eigenvalue weighted by Gasteiger charge is 2.08. The van der Waals surface area contributed by atoms with Gasteiger partial charge in [-0.25, -0.2) is 0 Å². The topological polar surface area (TPSA) is 33.0 Å². The van der Waals surface area contributed by atoms with E-state index in [1.165, 1.54) is 11.1 Å². The van der Waals surface area contributed by atoms with Gasteiger partial charge in [-0.05, 0) is 43.7 Å². The average molecular weight is 269 g/mol. The van der Waals surface area contributed by atoms with Gasteiger partial charge >= 0.3 is 0 Å². The first-order valence-electron chi connectivity index (χ1n) is 5.97. The van der Waals surface area contributed by atoms with E-state index in [4.69, 9.17) is 10.00 Å². The normalized spacial score (nSPS) is 10.0. The van der Waals surface area contributed by atoms with Gasteiger partial charge in [-0.15, -0.1) is 0 Å². The number of nitrogens with zero attached hydrogens (tertiary/aromatic N) is 1. The van der Waals surface area contributed by atoms with E-state index in [1.807, 2.05) is 12.1 Å². The molecule has 0 aliphatic rings. The lowest BCUT2D eigenvalue weighted by Crippen LogP contribution is -1.88. The molecule has 19 heavy (non-hydrogen) atoms. The minimum absolute atomic E-state index is 0.672. The number of benzene rings is 2. The summed E-state index contributed by atoms with van der Waals surface area (Å²) in [6.07, 6.45) is 0. The largest absolute Gasteiger partial charge is 0.497 e. The molecular weight excluding hydrogens is 254 g/mol. The van der Waals surface area contributed by atoms with Crippen molar-refractivity contribution in [2.75, 3.05) is 7.11 Å². The van der Waals surface area contributed by atoms with Crippen LogP contribution in [0.3, 0.4) is 0 Å². The van der Waals surface area contributed by atoms with Crippen LogP contribution in [0.2, 0.25) is 0 Å². The van der Waals surface area contributed by atoms with Gasteiger partial charge in [0.25, 0.3) is 0 Å². The molecule has 0 saturated carbocycles. The molecule has 0 spiro atoms. The molecule has 0 unspecified atom stereocenters. The van der Waals surface area contributed by atoms with Crippen molar-refractivity contribution in [3.8, 4) is 11.8 Å². The van der Waals surface area contributed by atoms with E-state index in [2.05, 4.69) is 38.1 Å². The molecule has 2 aromatic rings. The van der Waals surface area contributed by atoms with Crippen molar-refractivity contribution in [3.63, 3.8) is 0 Å². The molecular formula is C16H15NOS. The molecule has 2 rings (SSSR count). The van der Waals surface area contributed by atoms with Gasteiger partial charge in [0.15, 0.2) is 0 Å². The minimum Gasteiger partial charge on any atom is -0.497 e. The quantitative estimate of drug-likeness (QED) is 0.831. The molecule has 0 aliphatic carbocycles. The van der Waals surface area contributed by atoms with Crippen LogP contribution in [0.5, 0.6) is 5.75 Å². The minimum atomic E-state index is 0.672. The fourth-order valence-corrected chi connectivity index (χ4v) is 2.83. The summed E-state index contributed by atoms with van der Waals surface area (Å²) in [6.45, 7) is 4.16. The van der Waals surface area contributed by atoms with E-state index in [0.29, 0.717) is 5.56 Å². The monoisotopic (exact) mass is 269 g/mol. The Morgan fingerprint density at radius 2 is 1.84 bits per heavy atom. The van der Waals surface area contributed by atoms with Crippen molar-refractivity contribution < 1.29 is 4.74 Å². The van der Waals surface area contributed by atoms with Crippen LogP contribution in [0, 0.1) is 25.2 Å². The van der Waals surface area contributed by atoms with Gasteiger partial charge in [0, 0.05) is 9.79 Å². The molecule has 0 aromatic heterocycles. The lowest BCUT2D eigenvalue weighted by atomic mass is 10.2. The zero-order valence-electron chi connectivity index (χ0n) is 11.2. The molecule has 0 aliphatic heterocycles. The summed E-state index contributed by atoms with van der Waals surface area (Å²) in [4.78, 5) is 2.09. The van der Waals surface area contributed by atoms with E-state index in [1.54, 1.807) is 24.9 Å². The number of hydrogen-bond acceptors (Lipinski definition) is 3. The lowest BCUT2D eigenvalue weighted by Gasteiger charge is -2.09. The number of aryl methyl sites for hydroxylation is 2. The van der Waals surface area contributed by atoms with Crippen LogP contribution in [-0.4, -0.2) is 7.11 Å². The molecule has 0 radical (unpaired) electrons. The zero-order chi connectivity index (χ0) is 13.8. The van der Waals surface area contributed by atoms with Gasteiger partial charge in [-0.2, -0.15) is 5.26 Å².